The zero-order valence-electron chi connectivity index (χ0n) is 10.2. The number of nitrogen functional groups attached to an aromatic ring is 1. The number of amidine groups is 1. The molecule has 1 fully saturated rings. The van der Waals surface area contributed by atoms with Crippen LogP contribution < -0.4 is 5.73 Å². The molecule has 0 unspecified atom stereocenters. The molecule has 0 aromatic heterocycles. The summed E-state index contributed by atoms with van der Waals surface area (Å²) >= 11 is 6.19. The average molecular weight is 268 g/mol. The molecule has 0 aliphatic carbocycles. The maximum Gasteiger partial charge on any atom is 0.122 e. The Labute approximate surface area is 112 Å². The fraction of sp³-hybridized carbons (Fsp3) is 0.462. The van der Waals surface area contributed by atoms with Gasteiger partial charge in [0.2, 0.25) is 0 Å². The highest BCUT2D eigenvalue weighted by molar-refractivity contribution is 6.31. The summed E-state index contributed by atoms with van der Waals surface area (Å²) in [6.45, 7) is 2.57. The third kappa shape index (κ3) is 3.22. The molecule has 5 heteroatoms. The first-order chi connectivity index (χ1) is 8.56. The second kappa shape index (κ2) is 5.69. The monoisotopic (exact) mass is 267 g/mol. The van der Waals surface area contributed by atoms with Crippen molar-refractivity contribution in [3.8, 4) is 0 Å². The molecule has 0 saturated carbocycles. The summed E-state index contributed by atoms with van der Waals surface area (Å²) in [5.41, 5.74) is 7.11. The molecule has 1 heterocycles. The summed E-state index contributed by atoms with van der Waals surface area (Å²) in [6.07, 6.45) is 1.49. The number of benzene rings is 1. The molecule has 2 rings (SSSR count). The van der Waals surface area contributed by atoms with Crippen LogP contribution in [-0.4, -0.2) is 35.0 Å². The Balaban J connectivity index is 2.03. The van der Waals surface area contributed by atoms with Crippen molar-refractivity contribution < 1.29 is 5.11 Å². The number of hydrogen-bond acceptors (Lipinski definition) is 3. The van der Waals surface area contributed by atoms with Crippen LogP contribution in [0, 0.1) is 5.41 Å². The second-order valence-electron chi connectivity index (χ2n) is 4.73. The SMILES string of the molecule is N=C(N)c1ccc(CN2CCC(O)CC2)c(Cl)c1. The van der Waals surface area contributed by atoms with Crippen molar-refractivity contribution in [3.05, 3.63) is 34.3 Å². The minimum atomic E-state index is -0.156. The number of likely N-dealkylation sites (tertiary alicyclic amines) is 1. The molecule has 1 saturated heterocycles. The molecular formula is C13H18ClN3O. The highest BCUT2D eigenvalue weighted by Crippen LogP contribution is 2.21. The molecule has 0 radical (unpaired) electrons. The highest BCUT2D eigenvalue weighted by Gasteiger charge is 2.17. The van der Waals surface area contributed by atoms with E-state index in [4.69, 9.17) is 22.7 Å². The van der Waals surface area contributed by atoms with Crippen LogP contribution in [0.3, 0.4) is 0 Å². The minimum Gasteiger partial charge on any atom is -0.393 e. The Bertz CT molecular complexity index is 442. The molecule has 0 spiro atoms. The number of aliphatic hydroxyl groups excluding tert-OH is 1. The Morgan fingerprint density at radius 1 is 1.44 bits per heavy atom. The van der Waals surface area contributed by atoms with Gasteiger partial charge in [-0.2, -0.15) is 0 Å². The Kier molecular flexibility index (Phi) is 4.22. The second-order valence-corrected chi connectivity index (χ2v) is 5.13. The molecule has 1 aliphatic rings. The van der Waals surface area contributed by atoms with Gasteiger partial charge in [-0.3, -0.25) is 10.3 Å². The van der Waals surface area contributed by atoms with Crippen molar-refractivity contribution in [3.63, 3.8) is 0 Å². The molecule has 18 heavy (non-hydrogen) atoms. The topological polar surface area (TPSA) is 73.3 Å². The molecule has 1 aromatic rings. The molecule has 0 amide bonds. The number of nitrogens with zero attached hydrogens (tertiary/aromatic N) is 1. The van der Waals surface area contributed by atoms with E-state index in [1.54, 1.807) is 6.07 Å². The lowest BCUT2D eigenvalue weighted by molar-refractivity contribution is 0.0792. The average Bonchev–Trinajstić information content (AvgIpc) is 2.34. The Morgan fingerprint density at radius 3 is 2.67 bits per heavy atom. The largest absolute Gasteiger partial charge is 0.393 e. The van der Waals surface area contributed by atoms with Gasteiger partial charge in [0.25, 0.3) is 0 Å². The molecule has 1 aromatic carbocycles. The minimum absolute atomic E-state index is 0.0320. The number of hydrogen-bond donors (Lipinski definition) is 3. The van der Waals surface area contributed by atoms with Gasteiger partial charge in [-0.15, -0.1) is 0 Å². The summed E-state index contributed by atoms with van der Waals surface area (Å²) in [4.78, 5) is 2.28. The quantitative estimate of drug-likeness (QED) is 0.575. The van der Waals surface area contributed by atoms with E-state index in [1.807, 2.05) is 12.1 Å². The zero-order chi connectivity index (χ0) is 13.1. The molecule has 1 aliphatic heterocycles. The predicted molar refractivity (Wildman–Crippen MR) is 73.0 cm³/mol. The van der Waals surface area contributed by atoms with Gasteiger partial charge < -0.3 is 10.8 Å². The van der Waals surface area contributed by atoms with Crippen LogP contribution in [0.1, 0.15) is 24.0 Å². The van der Waals surface area contributed by atoms with E-state index in [9.17, 15) is 5.11 Å². The summed E-state index contributed by atoms with van der Waals surface area (Å²) in [5.74, 6) is 0.0320. The van der Waals surface area contributed by atoms with Gasteiger partial charge in [0.1, 0.15) is 5.84 Å². The summed E-state index contributed by atoms with van der Waals surface area (Å²) in [6, 6.07) is 5.48. The zero-order valence-corrected chi connectivity index (χ0v) is 11.0. The fourth-order valence-electron chi connectivity index (χ4n) is 2.16. The van der Waals surface area contributed by atoms with E-state index in [1.165, 1.54) is 0 Å². The number of aliphatic hydroxyl groups is 1. The van der Waals surface area contributed by atoms with Gasteiger partial charge in [-0.1, -0.05) is 23.7 Å². The first-order valence-electron chi connectivity index (χ1n) is 6.09. The van der Waals surface area contributed by atoms with Crippen LogP contribution >= 0.6 is 11.6 Å². The van der Waals surface area contributed by atoms with Crippen LogP contribution in [0.2, 0.25) is 5.02 Å². The molecule has 4 nitrogen and oxygen atoms in total. The Morgan fingerprint density at radius 2 is 2.11 bits per heavy atom. The lowest BCUT2D eigenvalue weighted by Gasteiger charge is -2.29. The van der Waals surface area contributed by atoms with Crippen LogP contribution in [-0.2, 0) is 6.54 Å². The van der Waals surface area contributed by atoms with Gasteiger partial charge in [0.05, 0.1) is 6.10 Å². The maximum atomic E-state index is 9.45. The fourth-order valence-corrected chi connectivity index (χ4v) is 2.40. The van der Waals surface area contributed by atoms with Crippen LogP contribution in [0.25, 0.3) is 0 Å². The van der Waals surface area contributed by atoms with E-state index in [2.05, 4.69) is 4.90 Å². The van der Waals surface area contributed by atoms with Gasteiger partial charge in [-0.05, 0) is 24.5 Å². The molecular weight excluding hydrogens is 250 g/mol. The van der Waals surface area contributed by atoms with Gasteiger partial charge >= 0.3 is 0 Å². The number of nitrogens with one attached hydrogen (secondary N) is 1. The molecule has 98 valence electrons. The number of halogens is 1. The van der Waals surface area contributed by atoms with Gasteiger partial charge in [0, 0.05) is 30.2 Å². The molecule has 0 bridgehead atoms. The van der Waals surface area contributed by atoms with Crippen molar-refractivity contribution in [2.45, 2.75) is 25.5 Å². The van der Waals surface area contributed by atoms with E-state index < -0.39 is 0 Å². The van der Waals surface area contributed by atoms with Crippen molar-refractivity contribution in [1.29, 1.82) is 5.41 Å². The van der Waals surface area contributed by atoms with Crippen molar-refractivity contribution >= 4 is 17.4 Å². The summed E-state index contributed by atoms with van der Waals surface area (Å²) < 4.78 is 0. The number of piperidine rings is 1. The van der Waals surface area contributed by atoms with E-state index >= 15 is 0 Å². The molecule has 4 N–H and O–H groups in total. The molecule has 0 atom stereocenters. The van der Waals surface area contributed by atoms with Crippen LogP contribution in [0.4, 0.5) is 0 Å². The van der Waals surface area contributed by atoms with Crippen molar-refractivity contribution in [1.82, 2.24) is 4.90 Å². The summed E-state index contributed by atoms with van der Waals surface area (Å²) in [7, 11) is 0. The highest BCUT2D eigenvalue weighted by atomic mass is 35.5. The van der Waals surface area contributed by atoms with Gasteiger partial charge in [0.15, 0.2) is 0 Å². The smallest absolute Gasteiger partial charge is 0.122 e. The maximum absolute atomic E-state index is 9.45. The van der Waals surface area contributed by atoms with E-state index in [-0.39, 0.29) is 11.9 Å². The predicted octanol–water partition coefficient (Wildman–Crippen LogP) is 1.58. The van der Waals surface area contributed by atoms with Crippen LogP contribution in [0.5, 0.6) is 0 Å². The van der Waals surface area contributed by atoms with Crippen molar-refractivity contribution in [2.75, 3.05) is 13.1 Å². The van der Waals surface area contributed by atoms with E-state index in [0.717, 1.165) is 38.0 Å². The van der Waals surface area contributed by atoms with Crippen LogP contribution in [0.15, 0.2) is 18.2 Å². The normalized spacial score (nSPS) is 17.9. The number of nitrogens with two attached hydrogens (primary N) is 1. The lowest BCUT2D eigenvalue weighted by atomic mass is 10.1. The first kappa shape index (κ1) is 13.3. The Hall–Kier alpha value is -1.10. The number of rotatable bonds is 3. The third-order valence-electron chi connectivity index (χ3n) is 3.32. The van der Waals surface area contributed by atoms with Gasteiger partial charge in [-0.25, -0.2) is 0 Å². The van der Waals surface area contributed by atoms with E-state index in [0.29, 0.717) is 10.6 Å². The third-order valence-corrected chi connectivity index (χ3v) is 3.67. The first-order valence-corrected chi connectivity index (χ1v) is 6.47. The lowest BCUT2D eigenvalue weighted by Crippen LogP contribution is -2.35. The van der Waals surface area contributed by atoms with Crippen molar-refractivity contribution in [2.24, 2.45) is 5.73 Å². The standard InChI is InChI=1S/C13H18ClN3O/c14-12-7-9(13(15)16)1-2-10(12)8-17-5-3-11(18)4-6-17/h1-2,7,11,18H,3-6,8H2,(H3,15,16). The summed E-state index contributed by atoms with van der Waals surface area (Å²) in [5, 5.41) is 17.5.